The van der Waals surface area contributed by atoms with Crippen molar-refractivity contribution in [1.82, 2.24) is 0 Å². The Morgan fingerprint density at radius 1 is 1.00 bits per heavy atom. The largest absolute Gasteiger partial charge is 0.493 e. The lowest BCUT2D eigenvalue weighted by Gasteiger charge is -2.15. The molecule has 0 radical (unpaired) electrons. The second-order valence-electron chi connectivity index (χ2n) is 5.17. The van der Waals surface area contributed by atoms with Gasteiger partial charge in [0.25, 0.3) is 0 Å². The Kier molecular flexibility index (Phi) is 5.87. The Morgan fingerprint density at radius 3 is 2.39 bits per heavy atom. The fraction of sp³-hybridized carbons (Fsp3) is 0.316. The van der Waals surface area contributed by atoms with Gasteiger partial charge in [-0.15, -0.1) is 0 Å². The molecule has 2 rings (SSSR count). The van der Waals surface area contributed by atoms with Crippen molar-refractivity contribution in [1.29, 1.82) is 5.26 Å². The number of nitrogens with zero attached hydrogens (tertiary/aromatic N) is 1. The molecule has 4 heteroatoms. The Hall–Kier alpha value is -2.67. The van der Waals surface area contributed by atoms with Crippen molar-refractivity contribution in [3.05, 3.63) is 53.6 Å². The highest BCUT2D eigenvalue weighted by molar-refractivity contribution is 5.51. The summed E-state index contributed by atoms with van der Waals surface area (Å²) >= 11 is 0. The molecule has 0 bridgehead atoms. The van der Waals surface area contributed by atoms with E-state index in [0.29, 0.717) is 30.3 Å². The summed E-state index contributed by atoms with van der Waals surface area (Å²) < 4.78 is 16.4. The van der Waals surface area contributed by atoms with Crippen LogP contribution in [0.25, 0.3) is 0 Å². The number of methoxy groups -OCH3 is 2. The van der Waals surface area contributed by atoms with Crippen LogP contribution >= 0.6 is 0 Å². The molecule has 0 aliphatic carbocycles. The molecule has 0 saturated heterocycles. The van der Waals surface area contributed by atoms with Crippen LogP contribution in [0.2, 0.25) is 0 Å². The predicted octanol–water partition coefficient (Wildman–Crippen LogP) is 4.09. The van der Waals surface area contributed by atoms with Gasteiger partial charge >= 0.3 is 0 Å². The van der Waals surface area contributed by atoms with E-state index in [9.17, 15) is 5.26 Å². The number of nitriles is 1. The van der Waals surface area contributed by atoms with Crippen molar-refractivity contribution < 1.29 is 14.2 Å². The van der Waals surface area contributed by atoms with E-state index in [0.717, 1.165) is 11.1 Å². The maximum absolute atomic E-state index is 9.43. The summed E-state index contributed by atoms with van der Waals surface area (Å²) in [4.78, 5) is 0. The van der Waals surface area contributed by atoms with Gasteiger partial charge in [0.2, 0.25) is 5.75 Å². The van der Waals surface area contributed by atoms with Crippen LogP contribution < -0.4 is 14.2 Å². The van der Waals surface area contributed by atoms with Crippen molar-refractivity contribution in [3.63, 3.8) is 0 Å². The summed E-state index contributed by atoms with van der Waals surface area (Å²) in [5, 5.41) is 9.43. The number of benzene rings is 2. The monoisotopic (exact) mass is 311 g/mol. The molecular formula is C19H21NO3. The minimum absolute atomic E-state index is 0.187. The Morgan fingerprint density at radius 2 is 1.74 bits per heavy atom. The molecule has 4 nitrogen and oxygen atoms in total. The molecule has 1 atom stereocenters. The van der Waals surface area contributed by atoms with Crippen LogP contribution in [0.5, 0.6) is 17.2 Å². The van der Waals surface area contributed by atoms with Crippen LogP contribution in [-0.2, 0) is 0 Å². The molecular weight excluding hydrogens is 290 g/mol. The first-order valence-corrected chi connectivity index (χ1v) is 7.50. The molecule has 0 fully saturated rings. The van der Waals surface area contributed by atoms with Crippen molar-refractivity contribution in [2.24, 2.45) is 0 Å². The average molecular weight is 311 g/mol. The Labute approximate surface area is 137 Å². The second kappa shape index (κ2) is 8.09. The van der Waals surface area contributed by atoms with Gasteiger partial charge in [0.05, 0.1) is 32.8 Å². The van der Waals surface area contributed by atoms with E-state index in [2.05, 4.69) is 6.07 Å². The number of aryl methyl sites for hydroxylation is 1. The van der Waals surface area contributed by atoms with Crippen molar-refractivity contribution in [2.75, 3.05) is 20.8 Å². The van der Waals surface area contributed by atoms with Crippen molar-refractivity contribution >= 4 is 0 Å². The minimum Gasteiger partial charge on any atom is -0.493 e. The zero-order valence-electron chi connectivity index (χ0n) is 13.7. The lowest BCUT2D eigenvalue weighted by molar-refractivity contribution is 0.277. The van der Waals surface area contributed by atoms with Gasteiger partial charge in [-0.05, 0) is 30.2 Å². The topological polar surface area (TPSA) is 51.5 Å². The molecule has 0 aromatic heterocycles. The third-order valence-electron chi connectivity index (χ3n) is 3.75. The van der Waals surface area contributed by atoms with Crippen LogP contribution in [0.1, 0.15) is 23.5 Å². The lowest BCUT2D eigenvalue weighted by Crippen LogP contribution is -2.06. The quantitative estimate of drug-likeness (QED) is 0.773. The Balaban J connectivity index is 2.05. The zero-order valence-corrected chi connectivity index (χ0v) is 13.7. The first kappa shape index (κ1) is 16.7. The van der Waals surface area contributed by atoms with Crippen molar-refractivity contribution in [3.8, 4) is 23.3 Å². The number of rotatable bonds is 7. The fourth-order valence-electron chi connectivity index (χ4n) is 2.53. The predicted molar refractivity (Wildman–Crippen MR) is 89.2 cm³/mol. The third-order valence-corrected chi connectivity index (χ3v) is 3.75. The molecule has 0 aliphatic heterocycles. The van der Waals surface area contributed by atoms with Crippen LogP contribution in [0.3, 0.4) is 0 Å². The maximum Gasteiger partial charge on any atom is 0.203 e. The number of hydrogen-bond acceptors (Lipinski definition) is 4. The van der Waals surface area contributed by atoms with E-state index >= 15 is 0 Å². The van der Waals surface area contributed by atoms with Crippen molar-refractivity contribution in [2.45, 2.75) is 19.3 Å². The van der Waals surface area contributed by atoms with E-state index in [1.54, 1.807) is 14.2 Å². The molecule has 0 saturated carbocycles. The van der Waals surface area contributed by atoms with Gasteiger partial charge in [0.15, 0.2) is 11.5 Å². The summed E-state index contributed by atoms with van der Waals surface area (Å²) in [5.74, 6) is 1.63. The summed E-state index contributed by atoms with van der Waals surface area (Å²) in [7, 11) is 3.17. The summed E-state index contributed by atoms with van der Waals surface area (Å²) in [6.07, 6.45) is 0.613. The molecule has 2 aromatic carbocycles. The fourth-order valence-corrected chi connectivity index (χ4v) is 2.53. The van der Waals surface area contributed by atoms with E-state index < -0.39 is 0 Å². The smallest absolute Gasteiger partial charge is 0.203 e. The molecule has 23 heavy (non-hydrogen) atoms. The van der Waals surface area contributed by atoms with E-state index in [4.69, 9.17) is 14.2 Å². The van der Waals surface area contributed by atoms with Gasteiger partial charge in [0.1, 0.15) is 0 Å². The standard InChI is InChI=1S/C19H21NO3/c1-14-7-4-5-8-16(14)15(13-20)11-12-23-18-10-6-9-17(21-2)19(18)22-3/h4-10,15H,11-12H2,1-3H3. The van der Waals surface area contributed by atoms with Gasteiger partial charge in [-0.3, -0.25) is 0 Å². The second-order valence-corrected chi connectivity index (χ2v) is 5.17. The lowest BCUT2D eigenvalue weighted by atomic mass is 9.94. The van der Waals surface area contributed by atoms with Gasteiger partial charge in [0, 0.05) is 6.42 Å². The maximum atomic E-state index is 9.43. The molecule has 0 amide bonds. The molecule has 0 heterocycles. The zero-order chi connectivity index (χ0) is 16.7. The highest BCUT2D eigenvalue weighted by atomic mass is 16.5. The normalized spacial score (nSPS) is 11.4. The highest BCUT2D eigenvalue weighted by Crippen LogP contribution is 2.36. The van der Waals surface area contributed by atoms with Crippen LogP contribution in [0, 0.1) is 18.3 Å². The molecule has 0 N–H and O–H groups in total. The SMILES string of the molecule is COc1cccc(OCCC(C#N)c2ccccc2C)c1OC. The Bertz CT molecular complexity index is 691. The molecule has 1 unspecified atom stereocenters. The van der Waals surface area contributed by atoms with E-state index in [-0.39, 0.29) is 5.92 Å². The van der Waals surface area contributed by atoms with E-state index in [1.807, 2.05) is 49.4 Å². The summed E-state index contributed by atoms with van der Waals surface area (Å²) in [6, 6.07) is 15.8. The molecule has 120 valence electrons. The van der Waals surface area contributed by atoms with Gasteiger partial charge < -0.3 is 14.2 Å². The molecule has 0 spiro atoms. The number of para-hydroxylation sites is 1. The van der Waals surface area contributed by atoms with Gasteiger partial charge in [-0.25, -0.2) is 0 Å². The van der Waals surface area contributed by atoms with Crippen LogP contribution in [0.15, 0.2) is 42.5 Å². The van der Waals surface area contributed by atoms with Crippen LogP contribution in [0.4, 0.5) is 0 Å². The average Bonchev–Trinajstić information content (AvgIpc) is 2.59. The first-order valence-electron chi connectivity index (χ1n) is 7.50. The summed E-state index contributed by atoms with van der Waals surface area (Å²) in [5.41, 5.74) is 2.18. The first-order chi connectivity index (χ1) is 11.2. The van der Waals surface area contributed by atoms with E-state index in [1.165, 1.54) is 0 Å². The minimum atomic E-state index is -0.187. The van der Waals surface area contributed by atoms with Gasteiger partial charge in [-0.1, -0.05) is 30.3 Å². The highest BCUT2D eigenvalue weighted by Gasteiger charge is 2.15. The third kappa shape index (κ3) is 3.95. The van der Waals surface area contributed by atoms with Gasteiger partial charge in [-0.2, -0.15) is 5.26 Å². The van der Waals surface area contributed by atoms with Crippen LogP contribution in [-0.4, -0.2) is 20.8 Å². The molecule has 0 aliphatic rings. The number of ether oxygens (including phenoxy) is 3. The molecule has 2 aromatic rings. The number of hydrogen-bond donors (Lipinski definition) is 0. The summed E-state index contributed by atoms with van der Waals surface area (Å²) in [6.45, 7) is 2.45.